The van der Waals surface area contributed by atoms with Crippen LogP contribution in [0.1, 0.15) is 0 Å². The molecule has 1 heterocycles. The highest BCUT2D eigenvalue weighted by Crippen LogP contribution is 2.25. The lowest BCUT2D eigenvalue weighted by atomic mass is 10.3. The van der Waals surface area contributed by atoms with Crippen molar-refractivity contribution in [1.82, 2.24) is 4.72 Å². The Morgan fingerprint density at radius 1 is 1.00 bits per heavy atom. The summed E-state index contributed by atoms with van der Waals surface area (Å²) in [5, 5.41) is 3.55. The molecular weight excluding hydrogens is 375 g/mol. The third-order valence-corrected chi connectivity index (χ3v) is 5.21. The fourth-order valence-corrected chi connectivity index (χ4v) is 3.26. The van der Waals surface area contributed by atoms with Crippen molar-refractivity contribution in [2.75, 3.05) is 5.32 Å². The van der Waals surface area contributed by atoms with E-state index in [1.807, 2.05) is 4.72 Å². The van der Waals surface area contributed by atoms with Crippen molar-refractivity contribution in [3.63, 3.8) is 0 Å². The van der Waals surface area contributed by atoms with Gasteiger partial charge in [-0.15, -0.1) is 0 Å². The summed E-state index contributed by atoms with van der Waals surface area (Å²) < 4.78 is 31.6. The van der Waals surface area contributed by atoms with Crippen molar-refractivity contribution in [3.8, 4) is 0 Å². The van der Waals surface area contributed by atoms with Gasteiger partial charge in [-0.25, -0.2) is 17.9 Å². The standard InChI is InChI=1S/C15H10Cl2N2O4S/c16-12-3-1-10(8-13(12)17)18-15(20)19-24(21,22)11-2-4-14-9(7-11)5-6-23-14/h1-8H,(H2,18,19,20). The van der Waals surface area contributed by atoms with Crippen LogP contribution >= 0.6 is 23.2 Å². The molecule has 0 bridgehead atoms. The van der Waals surface area contributed by atoms with Crippen LogP contribution in [-0.2, 0) is 10.0 Å². The van der Waals surface area contributed by atoms with Crippen LogP contribution in [-0.4, -0.2) is 14.4 Å². The number of anilines is 1. The van der Waals surface area contributed by atoms with Gasteiger partial charge in [0.15, 0.2) is 0 Å². The molecule has 9 heteroatoms. The number of hydrogen-bond donors (Lipinski definition) is 2. The first-order chi connectivity index (χ1) is 11.3. The number of carbonyl (C=O) groups excluding carboxylic acids is 1. The summed E-state index contributed by atoms with van der Waals surface area (Å²) in [7, 11) is -4.03. The number of sulfonamides is 1. The van der Waals surface area contributed by atoms with Crippen LogP contribution in [0.5, 0.6) is 0 Å². The van der Waals surface area contributed by atoms with Gasteiger partial charge in [0, 0.05) is 11.1 Å². The number of nitrogens with one attached hydrogen (secondary N) is 2. The molecule has 0 unspecified atom stereocenters. The van der Waals surface area contributed by atoms with E-state index in [0.717, 1.165) is 0 Å². The first-order valence-electron chi connectivity index (χ1n) is 6.61. The van der Waals surface area contributed by atoms with Gasteiger partial charge in [-0.2, -0.15) is 0 Å². The minimum absolute atomic E-state index is 0.0549. The van der Waals surface area contributed by atoms with Gasteiger partial charge in [0.1, 0.15) is 5.58 Å². The van der Waals surface area contributed by atoms with Crippen molar-refractivity contribution in [2.45, 2.75) is 4.90 Å². The Morgan fingerprint density at radius 2 is 1.79 bits per heavy atom. The van der Waals surface area contributed by atoms with Crippen LogP contribution in [0.2, 0.25) is 10.0 Å². The van der Waals surface area contributed by atoms with E-state index < -0.39 is 16.1 Å². The monoisotopic (exact) mass is 384 g/mol. The molecule has 0 spiro atoms. The first kappa shape index (κ1) is 16.6. The van der Waals surface area contributed by atoms with Gasteiger partial charge in [-0.1, -0.05) is 23.2 Å². The largest absolute Gasteiger partial charge is 0.464 e. The third-order valence-electron chi connectivity index (χ3n) is 3.14. The van der Waals surface area contributed by atoms with E-state index in [2.05, 4.69) is 5.32 Å². The quantitative estimate of drug-likeness (QED) is 0.706. The summed E-state index contributed by atoms with van der Waals surface area (Å²) in [6, 6.07) is 9.38. The van der Waals surface area contributed by atoms with Gasteiger partial charge in [-0.05, 0) is 42.5 Å². The molecule has 1 aromatic heterocycles. The molecule has 0 saturated carbocycles. The zero-order chi connectivity index (χ0) is 17.3. The summed E-state index contributed by atoms with van der Waals surface area (Å²) in [5.41, 5.74) is 0.858. The van der Waals surface area contributed by atoms with Gasteiger partial charge >= 0.3 is 6.03 Å². The predicted molar refractivity (Wildman–Crippen MR) is 92.0 cm³/mol. The Bertz CT molecular complexity index is 1030. The molecule has 124 valence electrons. The molecule has 0 aliphatic heterocycles. The number of benzene rings is 2. The topological polar surface area (TPSA) is 88.4 Å². The normalized spacial score (nSPS) is 11.4. The summed E-state index contributed by atoms with van der Waals surface area (Å²) in [6.07, 6.45) is 1.45. The Kier molecular flexibility index (Phi) is 4.40. The van der Waals surface area contributed by atoms with Crippen molar-refractivity contribution < 1.29 is 17.6 Å². The average Bonchev–Trinajstić information content (AvgIpc) is 2.98. The summed E-state index contributed by atoms with van der Waals surface area (Å²) in [4.78, 5) is 11.9. The first-order valence-corrected chi connectivity index (χ1v) is 8.85. The van der Waals surface area contributed by atoms with E-state index in [-0.39, 0.29) is 9.92 Å². The van der Waals surface area contributed by atoms with Gasteiger partial charge in [0.25, 0.3) is 10.0 Å². The maximum absolute atomic E-state index is 12.3. The number of fused-ring (bicyclic) bond motifs is 1. The number of urea groups is 1. The molecule has 0 saturated heterocycles. The lowest BCUT2D eigenvalue weighted by Gasteiger charge is -2.09. The van der Waals surface area contributed by atoms with Gasteiger partial charge in [0.2, 0.25) is 0 Å². The van der Waals surface area contributed by atoms with E-state index >= 15 is 0 Å². The second kappa shape index (κ2) is 6.35. The zero-order valence-corrected chi connectivity index (χ0v) is 14.2. The average molecular weight is 385 g/mol. The fourth-order valence-electron chi connectivity index (χ4n) is 2.02. The summed E-state index contributed by atoms with van der Waals surface area (Å²) in [5.74, 6) is 0. The van der Waals surface area contributed by atoms with Crippen molar-refractivity contribution in [3.05, 3.63) is 58.8 Å². The van der Waals surface area contributed by atoms with Crippen LogP contribution in [0.15, 0.2) is 58.0 Å². The Balaban J connectivity index is 1.77. The van der Waals surface area contributed by atoms with Crippen LogP contribution in [0, 0.1) is 0 Å². The van der Waals surface area contributed by atoms with Crippen molar-refractivity contribution in [1.29, 1.82) is 0 Å². The van der Waals surface area contributed by atoms with Gasteiger partial charge < -0.3 is 9.73 Å². The maximum atomic E-state index is 12.3. The third kappa shape index (κ3) is 3.48. The lowest BCUT2D eigenvalue weighted by molar-refractivity contribution is 0.256. The number of halogens is 2. The molecular formula is C15H10Cl2N2O4S. The van der Waals surface area contributed by atoms with Crippen LogP contribution < -0.4 is 10.0 Å². The maximum Gasteiger partial charge on any atom is 0.333 e. The van der Waals surface area contributed by atoms with E-state index in [9.17, 15) is 13.2 Å². The molecule has 0 atom stereocenters. The Hall–Kier alpha value is -2.22. The summed E-state index contributed by atoms with van der Waals surface area (Å²) >= 11 is 11.6. The molecule has 3 aromatic rings. The van der Waals surface area contributed by atoms with E-state index in [1.54, 1.807) is 6.07 Å². The number of furan rings is 1. The van der Waals surface area contributed by atoms with E-state index in [4.69, 9.17) is 27.6 Å². The Labute approximate surface area is 147 Å². The number of amides is 2. The number of rotatable bonds is 3. The van der Waals surface area contributed by atoms with Crippen LogP contribution in [0.25, 0.3) is 11.0 Å². The molecule has 0 aliphatic carbocycles. The highest BCUT2D eigenvalue weighted by molar-refractivity contribution is 7.90. The van der Waals surface area contributed by atoms with Crippen molar-refractivity contribution >= 4 is 55.9 Å². The zero-order valence-electron chi connectivity index (χ0n) is 11.9. The molecule has 6 nitrogen and oxygen atoms in total. The Morgan fingerprint density at radius 3 is 2.54 bits per heavy atom. The molecule has 2 amide bonds. The number of carbonyl (C=O) groups is 1. The summed E-state index contributed by atoms with van der Waals surface area (Å²) in [6.45, 7) is 0. The predicted octanol–water partition coefficient (Wildman–Crippen LogP) is 4.25. The fraction of sp³-hybridized carbons (Fsp3) is 0. The van der Waals surface area contributed by atoms with Crippen molar-refractivity contribution in [2.24, 2.45) is 0 Å². The smallest absolute Gasteiger partial charge is 0.333 e. The highest BCUT2D eigenvalue weighted by atomic mass is 35.5. The number of hydrogen-bond acceptors (Lipinski definition) is 4. The minimum atomic E-state index is -4.03. The second-order valence-electron chi connectivity index (χ2n) is 4.81. The van der Waals surface area contributed by atoms with Crippen LogP contribution in [0.4, 0.5) is 10.5 Å². The van der Waals surface area contributed by atoms with E-state index in [1.165, 1.54) is 42.7 Å². The molecule has 2 N–H and O–H groups in total. The molecule has 3 rings (SSSR count). The highest BCUT2D eigenvalue weighted by Gasteiger charge is 2.18. The van der Waals surface area contributed by atoms with Crippen LogP contribution in [0.3, 0.4) is 0 Å². The molecule has 0 radical (unpaired) electrons. The molecule has 0 aliphatic rings. The molecule has 24 heavy (non-hydrogen) atoms. The SMILES string of the molecule is O=C(Nc1ccc(Cl)c(Cl)c1)NS(=O)(=O)c1ccc2occc2c1. The van der Waals surface area contributed by atoms with Gasteiger partial charge in [0.05, 0.1) is 21.2 Å². The van der Waals surface area contributed by atoms with Gasteiger partial charge in [-0.3, -0.25) is 0 Å². The molecule has 2 aromatic carbocycles. The molecule has 0 fully saturated rings. The minimum Gasteiger partial charge on any atom is -0.464 e. The lowest BCUT2D eigenvalue weighted by Crippen LogP contribution is -2.34. The second-order valence-corrected chi connectivity index (χ2v) is 7.31. The van der Waals surface area contributed by atoms with E-state index in [0.29, 0.717) is 21.7 Å².